The maximum atomic E-state index is 13.2. The molecule has 0 saturated carbocycles. The molecule has 0 unspecified atom stereocenters. The van der Waals surface area contributed by atoms with Crippen molar-refractivity contribution in [3.8, 4) is 5.75 Å². The Balaban J connectivity index is 1.83. The Kier molecular flexibility index (Phi) is 7.04. The van der Waals surface area contributed by atoms with E-state index in [9.17, 15) is 4.79 Å². The lowest BCUT2D eigenvalue weighted by molar-refractivity contribution is 0.0979. The SMILES string of the molecule is Cc1[nH]nnc1C(=O)N(Cc1ccc(Br)cc1)c1ccc(OCCC(C)C)cc1. The third-order valence-electron chi connectivity index (χ3n) is 4.54. The van der Waals surface area contributed by atoms with E-state index >= 15 is 0 Å². The summed E-state index contributed by atoms with van der Waals surface area (Å²) in [7, 11) is 0. The van der Waals surface area contributed by atoms with Crippen LogP contribution < -0.4 is 9.64 Å². The van der Waals surface area contributed by atoms with Crippen molar-refractivity contribution in [1.29, 1.82) is 0 Å². The quantitative estimate of drug-likeness (QED) is 0.508. The van der Waals surface area contributed by atoms with Crippen LogP contribution in [0.3, 0.4) is 0 Å². The number of nitrogens with zero attached hydrogens (tertiary/aromatic N) is 3. The number of aromatic amines is 1. The highest BCUT2D eigenvalue weighted by molar-refractivity contribution is 9.10. The highest BCUT2D eigenvalue weighted by Crippen LogP contribution is 2.24. The van der Waals surface area contributed by atoms with Crippen LogP contribution in [-0.4, -0.2) is 27.9 Å². The monoisotopic (exact) mass is 456 g/mol. The number of aromatic nitrogens is 3. The summed E-state index contributed by atoms with van der Waals surface area (Å²) in [4.78, 5) is 14.9. The molecule has 1 amide bonds. The van der Waals surface area contributed by atoms with Crippen LogP contribution in [0.15, 0.2) is 53.0 Å². The van der Waals surface area contributed by atoms with Crippen molar-refractivity contribution >= 4 is 27.5 Å². The topological polar surface area (TPSA) is 71.1 Å². The van der Waals surface area contributed by atoms with E-state index in [-0.39, 0.29) is 5.91 Å². The van der Waals surface area contributed by atoms with Gasteiger partial charge in [0.25, 0.3) is 5.91 Å². The Hall–Kier alpha value is -2.67. The number of aryl methyl sites for hydroxylation is 1. The fraction of sp³-hybridized carbons (Fsp3) is 0.318. The van der Waals surface area contributed by atoms with Gasteiger partial charge < -0.3 is 9.64 Å². The van der Waals surface area contributed by atoms with Gasteiger partial charge in [-0.05, 0) is 61.2 Å². The molecule has 1 aromatic heterocycles. The number of amides is 1. The van der Waals surface area contributed by atoms with E-state index in [1.165, 1.54) is 0 Å². The number of nitrogens with one attached hydrogen (secondary N) is 1. The molecular formula is C22H25BrN4O2. The Morgan fingerprint density at radius 1 is 1.14 bits per heavy atom. The zero-order valence-electron chi connectivity index (χ0n) is 16.9. The summed E-state index contributed by atoms with van der Waals surface area (Å²) >= 11 is 3.45. The predicted molar refractivity (Wildman–Crippen MR) is 117 cm³/mol. The van der Waals surface area contributed by atoms with E-state index < -0.39 is 0 Å². The lowest BCUT2D eigenvalue weighted by atomic mass is 10.1. The van der Waals surface area contributed by atoms with Crippen LogP contribution >= 0.6 is 15.9 Å². The lowest BCUT2D eigenvalue weighted by Crippen LogP contribution is -2.31. The minimum Gasteiger partial charge on any atom is -0.494 e. The minimum atomic E-state index is -0.201. The van der Waals surface area contributed by atoms with Crippen LogP contribution in [0.2, 0.25) is 0 Å². The van der Waals surface area contributed by atoms with Gasteiger partial charge in [0, 0.05) is 10.2 Å². The van der Waals surface area contributed by atoms with E-state index in [1.807, 2.05) is 48.5 Å². The molecule has 3 aromatic rings. The summed E-state index contributed by atoms with van der Waals surface area (Å²) in [6.07, 6.45) is 1.00. The van der Waals surface area contributed by atoms with Gasteiger partial charge in [0.15, 0.2) is 5.69 Å². The first-order valence-electron chi connectivity index (χ1n) is 9.61. The molecule has 1 heterocycles. The molecule has 3 rings (SSSR count). The molecule has 29 heavy (non-hydrogen) atoms. The number of hydrogen-bond acceptors (Lipinski definition) is 4. The summed E-state index contributed by atoms with van der Waals surface area (Å²) in [6.45, 7) is 7.23. The summed E-state index contributed by atoms with van der Waals surface area (Å²) in [5.74, 6) is 1.19. The van der Waals surface area contributed by atoms with Gasteiger partial charge in [-0.3, -0.25) is 9.89 Å². The maximum absolute atomic E-state index is 13.2. The molecule has 2 aromatic carbocycles. The van der Waals surface area contributed by atoms with E-state index in [1.54, 1.807) is 11.8 Å². The van der Waals surface area contributed by atoms with Crippen molar-refractivity contribution in [1.82, 2.24) is 15.4 Å². The van der Waals surface area contributed by atoms with Crippen molar-refractivity contribution < 1.29 is 9.53 Å². The molecule has 7 heteroatoms. The van der Waals surface area contributed by atoms with Gasteiger partial charge in [-0.1, -0.05) is 47.1 Å². The maximum Gasteiger partial charge on any atom is 0.281 e. The average molecular weight is 457 g/mol. The molecule has 0 atom stereocenters. The second kappa shape index (κ2) is 9.69. The number of rotatable bonds is 8. The third kappa shape index (κ3) is 5.67. The highest BCUT2D eigenvalue weighted by Gasteiger charge is 2.22. The van der Waals surface area contributed by atoms with Gasteiger partial charge in [0.1, 0.15) is 5.75 Å². The standard InChI is InChI=1S/C22H25BrN4O2/c1-15(2)12-13-29-20-10-8-19(9-11-20)27(14-17-4-6-18(23)7-5-17)22(28)21-16(3)24-26-25-21/h4-11,15H,12-14H2,1-3H3,(H,24,25,26). The number of halogens is 1. The summed E-state index contributed by atoms with van der Waals surface area (Å²) in [5.41, 5.74) is 2.75. The van der Waals surface area contributed by atoms with Crippen molar-refractivity contribution in [3.05, 3.63) is 70.0 Å². The highest BCUT2D eigenvalue weighted by atomic mass is 79.9. The molecule has 152 valence electrons. The zero-order valence-corrected chi connectivity index (χ0v) is 18.4. The summed E-state index contributed by atoms with van der Waals surface area (Å²) in [6, 6.07) is 15.5. The van der Waals surface area contributed by atoms with Crippen LogP contribution in [0.5, 0.6) is 5.75 Å². The Morgan fingerprint density at radius 2 is 1.83 bits per heavy atom. The van der Waals surface area contributed by atoms with Crippen LogP contribution in [0.1, 0.15) is 42.0 Å². The molecule has 6 nitrogen and oxygen atoms in total. The molecule has 0 aliphatic heterocycles. The van der Waals surface area contributed by atoms with Crippen molar-refractivity contribution in [2.24, 2.45) is 5.92 Å². The van der Waals surface area contributed by atoms with E-state index in [0.29, 0.717) is 30.5 Å². The normalized spacial score (nSPS) is 10.9. The van der Waals surface area contributed by atoms with Gasteiger partial charge in [-0.25, -0.2) is 0 Å². The number of benzene rings is 2. The van der Waals surface area contributed by atoms with E-state index in [4.69, 9.17) is 4.74 Å². The van der Waals surface area contributed by atoms with Gasteiger partial charge in [0.05, 0.1) is 18.8 Å². The molecule has 0 saturated heterocycles. The number of hydrogen-bond donors (Lipinski definition) is 1. The van der Waals surface area contributed by atoms with Gasteiger partial charge in [-0.2, -0.15) is 0 Å². The molecule has 0 fully saturated rings. The molecule has 0 aliphatic carbocycles. The predicted octanol–water partition coefficient (Wildman–Crippen LogP) is 5.15. The van der Waals surface area contributed by atoms with Crippen LogP contribution in [0.4, 0.5) is 5.69 Å². The average Bonchev–Trinajstić information content (AvgIpc) is 3.13. The first kappa shape index (κ1) is 21.0. The Bertz CT molecular complexity index is 936. The Morgan fingerprint density at radius 3 is 2.41 bits per heavy atom. The van der Waals surface area contributed by atoms with Crippen LogP contribution in [0, 0.1) is 12.8 Å². The third-order valence-corrected chi connectivity index (χ3v) is 5.07. The molecule has 0 aliphatic rings. The number of carbonyl (C=O) groups excluding carboxylic acids is 1. The van der Waals surface area contributed by atoms with E-state index in [2.05, 4.69) is 45.2 Å². The van der Waals surface area contributed by atoms with Crippen molar-refractivity contribution in [2.45, 2.75) is 33.7 Å². The minimum absolute atomic E-state index is 0.201. The lowest BCUT2D eigenvalue weighted by Gasteiger charge is -2.23. The second-order valence-electron chi connectivity index (χ2n) is 7.33. The van der Waals surface area contributed by atoms with Crippen LogP contribution in [0.25, 0.3) is 0 Å². The fourth-order valence-electron chi connectivity index (χ4n) is 2.80. The van der Waals surface area contributed by atoms with Gasteiger partial charge >= 0.3 is 0 Å². The fourth-order valence-corrected chi connectivity index (χ4v) is 3.06. The van der Waals surface area contributed by atoms with E-state index in [0.717, 1.165) is 27.9 Å². The second-order valence-corrected chi connectivity index (χ2v) is 8.24. The number of ether oxygens (including phenoxy) is 1. The smallest absolute Gasteiger partial charge is 0.281 e. The largest absolute Gasteiger partial charge is 0.494 e. The Labute approximate surface area is 179 Å². The summed E-state index contributed by atoms with van der Waals surface area (Å²) in [5, 5.41) is 10.4. The number of anilines is 1. The van der Waals surface area contributed by atoms with Crippen molar-refractivity contribution in [2.75, 3.05) is 11.5 Å². The molecule has 1 N–H and O–H groups in total. The first-order chi connectivity index (χ1) is 13.9. The van der Waals surface area contributed by atoms with Gasteiger partial charge in [-0.15, -0.1) is 5.10 Å². The summed E-state index contributed by atoms with van der Waals surface area (Å²) < 4.78 is 6.79. The van der Waals surface area contributed by atoms with Crippen LogP contribution in [-0.2, 0) is 6.54 Å². The molecule has 0 bridgehead atoms. The molecule has 0 radical (unpaired) electrons. The zero-order chi connectivity index (χ0) is 20.8. The molecule has 0 spiro atoms. The van der Waals surface area contributed by atoms with Gasteiger partial charge in [0.2, 0.25) is 0 Å². The first-order valence-corrected chi connectivity index (χ1v) is 10.4. The van der Waals surface area contributed by atoms with Crippen molar-refractivity contribution in [3.63, 3.8) is 0 Å². The number of H-pyrrole nitrogens is 1. The molecular weight excluding hydrogens is 432 g/mol. The number of carbonyl (C=O) groups is 1.